The molecule has 0 spiro atoms. The number of nitrogens with one attached hydrogen (secondary N) is 2. The van der Waals surface area contributed by atoms with Crippen LogP contribution in [0.4, 0.5) is 8.78 Å². The van der Waals surface area contributed by atoms with E-state index in [-0.39, 0.29) is 52.8 Å². The van der Waals surface area contributed by atoms with Gasteiger partial charge < -0.3 is 25.6 Å². The van der Waals surface area contributed by atoms with E-state index in [0.29, 0.717) is 36.1 Å². The van der Waals surface area contributed by atoms with Gasteiger partial charge in [-0.05, 0) is 61.8 Å². The zero-order valence-corrected chi connectivity index (χ0v) is 24.5. The molecule has 1 unspecified atom stereocenters. The van der Waals surface area contributed by atoms with Crippen molar-refractivity contribution in [3.63, 3.8) is 0 Å². The molecular weight excluding hydrogens is 562 g/mol. The molecule has 1 amide bonds. The Hall–Kier alpha value is -3.04. The van der Waals surface area contributed by atoms with Gasteiger partial charge in [0.05, 0.1) is 22.3 Å². The lowest BCUT2D eigenvalue weighted by Crippen LogP contribution is -2.48. The summed E-state index contributed by atoms with van der Waals surface area (Å²) in [5.74, 6) is -1.75. The lowest BCUT2D eigenvalue weighted by molar-refractivity contribution is 0.0104. The number of aliphatic hydroxyl groups excluding tert-OH is 1. The van der Waals surface area contributed by atoms with Gasteiger partial charge in [-0.1, -0.05) is 41.9 Å². The van der Waals surface area contributed by atoms with Crippen LogP contribution in [0.15, 0.2) is 42.5 Å². The molecule has 42 heavy (non-hydrogen) atoms. The summed E-state index contributed by atoms with van der Waals surface area (Å²) in [5, 5.41) is 26.6. The fourth-order valence-corrected chi connectivity index (χ4v) is 7.09. The van der Waals surface area contributed by atoms with Gasteiger partial charge in [0.15, 0.2) is 5.60 Å². The number of rotatable bonds is 6. The molecule has 0 radical (unpaired) electrons. The Kier molecular flexibility index (Phi) is 7.54. The molecule has 9 heteroatoms. The summed E-state index contributed by atoms with van der Waals surface area (Å²) < 4.78 is 38.5. The van der Waals surface area contributed by atoms with E-state index in [2.05, 4.69) is 10.6 Å². The Bertz CT molecular complexity index is 1540. The van der Waals surface area contributed by atoms with Crippen molar-refractivity contribution in [2.75, 3.05) is 13.6 Å². The third-order valence-electron chi connectivity index (χ3n) is 9.17. The van der Waals surface area contributed by atoms with Crippen LogP contribution in [0.1, 0.15) is 65.2 Å². The lowest BCUT2D eigenvalue weighted by Gasteiger charge is -2.36. The summed E-state index contributed by atoms with van der Waals surface area (Å²) in [6.07, 6.45) is 2.79. The zero-order valence-electron chi connectivity index (χ0n) is 23.7. The Balaban J connectivity index is 1.46. The standard InChI is InChI=1S/C33H35ClF2N2O4/c1-32(41)10-8-20(9-11-32)38-17-33(19-6-4-3-5-7-19)16-24-26(42-33)15-25(35)29(34)27(24)28-23(31(40)37-2)13-18-12-21(39)14-22(18)30(28)36/h3-7,13,15,20-21,38-39,41H,8-12,14,16-17H2,1-2H3,(H,37,40)/t20?,21?,32?,33-/m1/s1. The van der Waals surface area contributed by atoms with Crippen molar-refractivity contribution in [2.24, 2.45) is 0 Å². The number of hydrogen-bond acceptors (Lipinski definition) is 5. The Morgan fingerprint density at radius 1 is 1.10 bits per heavy atom. The van der Waals surface area contributed by atoms with Crippen LogP contribution in [0.3, 0.4) is 0 Å². The van der Waals surface area contributed by atoms with Crippen molar-refractivity contribution in [3.05, 3.63) is 86.9 Å². The van der Waals surface area contributed by atoms with Crippen LogP contribution < -0.4 is 15.4 Å². The van der Waals surface area contributed by atoms with Gasteiger partial charge in [0.1, 0.15) is 17.4 Å². The predicted octanol–water partition coefficient (Wildman–Crippen LogP) is 5.22. The van der Waals surface area contributed by atoms with Gasteiger partial charge in [-0.25, -0.2) is 8.78 Å². The van der Waals surface area contributed by atoms with E-state index in [0.717, 1.165) is 18.4 Å². The fourth-order valence-electron chi connectivity index (χ4n) is 6.82. The summed E-state index contributed by atoms with van der Waals surface area (Å²) in [5.41, 5.74) is 0.658. The van der Waals surface area contributed by atoms with E-state index >= 15 is 8.78 Å². The SMILES string of the molecule is CNC(=O)c1cc2c(c(F)c1-c1c(Cl)c(F)cc3c1C[C@@](CNC1CCC(C)(O)CC1)(c1ccccc1)O3)CC(O)C2. The number of ether oxygens (including phenoxy) is 1. The van der Waals surface area contributed by atoms with Gasteiger partial charge in [0.25, 0.3) is 5.91 Å². The number of amides is 1. The van der Waals surface area contributed by atoms with Crippen LogP contribution in [-0.4, -0.2) is 47.5 Å². The highest BCUT2D eigenvalue weighted by Gasteiger charge is 2.45. The highest BCUT2D eigenvalue weighted by atomic mass is 35.5. The van der Waals surface area contributed by atoms with E-state index in [1.54, 1.807) is 6.07 Å². The van der Waals surface area contributed by atoms with Crippen LogP contribution in [0, 0.1) is 11.6 Å². The van der Waals surface area contributed by atoms with E-state index in [4.69, 9.17) is 16.3 Å². The van der Waals surface area contributed by atoms with Gasteiger partial charge in [-0.2, -0.15) is 0 Å². The number of halogens is 3. The molecule has 2 aliphatic carbocycles. The van der Waals surface area contributed by atoms with Crippen LogP contribution in [0.25, 0.3) is 11.1 Å². The minimum absolute atomic E-state index is 0.0298. The zero-order chi connectivity index (χ0) is 29.8. The molecule has 0 aromatic heterocycles. The van der Waals surface area contributed by atoms with Crippen molar-refractivity contribution in [2.45, 2.75) is 75.2 Å². The predicted molar refractivity (Wildman–Crippen MR) is 157 cm³/mol. The van der Waals surface area contributed by atoms with E-state index in [1.165, 1.54) is 13.1 Å². The summed E-state index contributed by atoms with van der Waals surface area (Å²) in [6.45, 7) is 2.25. The second kappa shape index (κ2) is 10.9. The summed E-state index contributed by atoms with van der Waals surface area (Å²) in [7, 11) is 1.45. The molecule has 3 aromatic carbocycles. The Labute approximate surface area is 249 Å². The Morgan fingerprint density at radius 2 is 1.81 bits per heavy atom. The van der Waals surface area contributed by atoms with Crippen LogP contribution in [0.2, 0.25) is 5.02 Å². The molecule has 1 heterocycles. The Morgan fingerprint density at radius 3 is 2.50 bits per heavy atom. The molecule has 2 atom stereocenters. The highest BCUT2D eigenvalue weighted by molar-refractivity contribution is 6.34. The minimum Gasteiger partial charge on any atom is -0.480 e. The van der Waals surface area contributed by atoms with Crippen molar-refractivity contribution in [3.8, 4) is 16.9 Å². The molecule has 1 aliphatic heterocycles. The number of hydrogen-bond donors (Lipinski definition) is 4. The molecule has 6 nitrogen and oxygen atoms in total. The first-order valence-electron chi connectivity index (χ1n) is 14.5. The van der Waals surface area contributed by atoms with Gasteiger partial charge >= 0.3 is 0 Å². The smallest absolute Gasteiger partial charge is 0.251 e. The first-order chi connectivity index (χ1) is 20.0. The maximum absolute atomic E-state index is 16.4. The summed E-state index contributed by atoms with van der Waals surface area (Å²) in [4.78, 5) is 13.1. The molecule has 1 saturated carbocycles. The van der Waals surface area contributed by atoms with Gasteiger partial charge in [0.2, 0.25) is 0 Å². The number of fused-ring (bicyclic) bond motifs is 2. The number of carbonyl (C=O) groups is 1. The second-order valence-corrected chi connectivity index (χ2v) is 12.6. The largest absolute Gasteiger partial charge is 0.480 e. The molecular formula is C33H35ClF2N2O4. The van der Waals surface area contributed by atoms with E-state index in [9.17, 15) is 15.0 Å². The van der Waals surface area contributed by atoms with Crippen molar-refractivity contribution in [1.82, 2.24) is 10.6 Å². The molecule has 4 N–H and O–H groups in total. The molecule has 0 bridgehead atoms. The average molecular weight is 597 g/mol. The number of carbonyl (C=O) groups excluding carboxylic acids is 1. The average Bonchev–Trinajstić information content (AvgIpc) is 3.54. The van der Waals surface area contributed by atoms with E-state index in [1.807, 2.05) is 37.3 Å². The van der Waals surface area contributed by atoms with Crippen molar-refractivity contribution < 1.29 is 28.5 Å². The molecule has 222 valence electrons. The van der Waals surface area contributed by atoms with E-state index < -0.39 is 34.8 Å². The van der Waals surface area contributed by atoms with Crippen LogP contribution in [0.5, 0.6) is 5.75 Å². The molecule has 3 aromatic rings. The van der Waals surface area contributed by atoms with Gasteiger partial charge in [-0.15, -0.1) is 0 Å². The number of aliphatic hydroxyl groups is 2. The van der Waals surface area contributed by atoms with Gasteiger partial charge in [-0.3, -0.25) is 4.79 Å². The second-order valence-electron chi connectivity index (χ2n) is 12.2. The number of benzene rings is 3. The molecule has 6 rings (SSSR count). The fraction of sp³-hybridized carbons (Fsp3) is 0.424. The third kappa shape index (κ3) is 5.08. The summed E-state index contributed by atoms with van der Waals surface area (Å²) >= 11 is 6.63. The normalized spacial score (nSPS) is 26.5. The molecule has 3 aliphatic rings. The first-order valence-corrected chi connectivity index (χ1v) is 14.9. The third-order valence-corrected chi connectivity index (χ3v) is 9.54. The topological polar surface area (TPSA) is 90.8 Å². The maximum Gasteiger partial charge on any atom is 0.251 e. The maximum atomic E-state index is 16.4. The highest BCUT2D eigenvalue weighted by Crippen LogP contribution is 2.51. The molecule has 0 saturated heterocycles. The van der Waals surface area contributed by atoms with Crippen molar-refractivity contribution in [1.29, 1.82) is 0 Å². The monoisotopic (exact) mass is 596 g/mol. The quantitative estimate of drug-likeness (QED) is 0.313. The first kappa shape index (κ1) is 29.1. The lowest BCUT2D eigenvalue weighted by atomic mass is 9.82. The minimum atomic E-state index is -0.952. The van der Waals surface area contributed by atoms with Crippen molar-refractivity contribution >= 4 is 17.5 Å². The van der Waals surface area contributed by atoms with Crippen LogP contribution in [-0.2, 0) is 24.9 Å². The van der Waals surface area contributed by atoms with Crippen LogP contribution >= 0.6 is 11.6 Å². The molecule has 1 fully saturated rings. The van der Waals surface area contributed by atoms with Gasteiger partial charge in [0, 0.05) is 55.2 Å². The summed E-state index contributed by atoms with van der Waals surface area (Å²) in [6, 6.07) is 12.6.